The number of hydrogen-bond donors (Lipinski definition) is 5. The minimum atomic E-state index is -1.51. The maximum Gasteiger partial charge on any atom is 0.255 e. The summed E-state index contributed by atoms with van der Waals surface area (Å²) in [6, 6.07) is 3.65. The molecule has 164 valence electrons. The number of ketones is 2. The second kappa shape index (κ2) is 6.93. The number of fused-ring (bicyclic) bond motifs is 3. The molecule has 4 rings (SSSR count). The molecule has 0 saturated heterocycles. The van der Waals surface area contributed by atoms with Gasteiger partial charge in [0.1, 0.15) is 22.8 Å². The summed E-state index contributed by atoms with van der Waals surface area (Å²) in [5, 5.41) is 43.3. The van der Waals surface area contributed by atoms with Crippen LogP contribution in [0.4, 0.5) is 0 Å². The van der Waals surface area contributed by atoms with Crippen molar-refractivity contribution in [1.29, 1.82) is 0 Å². The first-order valence-corrected chi connectivity index (χ1v) is 9.91. The lowest BCUT2D eigenvalue weighted by Gasteiger charge is -2.50. The summed E-state index contributed by atoms with van der Waals surface area (Å²) in [5.41, 5.74) is 5.11. The summed E-state index contributed by atoms with van der Waals surface area (Å²) in [6.07, 6.45) is -1.31. The Balaban J connectivity index is 1.99. The third-order valence-corrected chi connectivity index (χ3v) is 6.86. The van der Waals surface area contributed by atoms with E-state index in [1.165, 1.54) is 11.0 Å². The minimum Gasteiger partial charge on any atom is -0.510 e. The number of benzene rings is 1. The fourth-order valence-electron chi connectivity index (χ4n) is 5.57. The maximum absolute atomic E-state index is 13.6. The van der Waals surface area contributed by atoms with Gasteiger partial charge in [-0.05, 0) is 31.6 Å². The lowest BCUT2D eigenvalue weighted by Crippen LogP contribution is -2.61. The summed E-state index contributed by atoms with van der Waals surface area (Å²) in [5.74, 6) is -8.11. The average molecular weight is 428 g/mol. The second-order valence-electron chi connectivity index (χ2n) is 8.63. The molecule has 0 bridgehead atoms. The highest BCUT2D eigenvalue weighted by molar-refractivity contribution is 6.28. The van der Waals surface area contributed by atoms with Crippen LogP contribution in [0, 0.1) is 17.8 Å². The van der Waals surface area contributed by atoms with Gasteiger partial charge in [0.05, 0.1) is 23.6 Å². The number of aromatic hydroxyl groups is 1. The number of hydrogen-bond acceptors (Lipinski definition) is 8. The van der Waals surface area contributed by atoms with Crippen LogP contribution in [0.2, 0.25) is 0 Å². The number of carbonyl (C=O) groups is 3. The molecule has 0 spiro atoms. The van der Waals surface area contributed by atoms with E-state index in [-0.39, 0.29) is 16.9 Å². The molecule has 1 amide bonds. The Morgan fingerprint density at radius 2 is 1.74 bits per heavy atom. The molecule has 6 atom stereocenters. The number of rotatable bonds is 2. The van der Waals surface area contributed by atoms with Crippen LogP contribution in [-0.4, -0.2) is 69.0 Å². The molecule has 0 radical (unpaired) electrons. The van der Waals surface area contributed by atoms with Crippen molar-refractivity contribution in [2.24, 2.45) is 23.5 Å². The Morgan fingerprint density at radius 1 is 1.10 bits per heavy atom. The van der Waals surface area contributed by atoms with E-state index in [0.717, 1.165) is 0 Å². The van der Waals surface area contributed by atoms with Crippen LogP contribution < -0.4 is 5.73 Å². The zero-order valence-corrected chi connectivity index (χ0v) is 17.2. The first kappa shape index (κ1) is 21.1. The molecule has 1 aromatic carbocycles. The second-order valence-corrected chi connectivity index (χ2v) is 8.63. The highest BCUT2D eigenvalue weighted by Gasteiger charge is 2.60. The summed E-state index contributed by atoms with van der Waals surface area (Å²) < 4.78 is 0. The lowest BCUT2D eigenvalue weighted by molar-refractivity contribution is -0.143. The van der Waals surface area contributed by atoms with Crippen LogP contribution in [0.15, 0.2) is 35.1 Å². The van der Waals surface area contributed by atoms with E-state index in [4.69, 9.17) is 5.73 Å². The van der Waals surface area contributed by atoms with Crippen molar-refractivity contribution in [3.63, 3.8) is 0 Å². The Morgan fingerprint density at radius 3 is 2.32 bits per heavy atom. The SMILES string of the molecule is C[C@H]1c2cccc(O)c2C(O)=C2C(=O)C3C(=O)C(C(N)=O)=C(O)[C@@H](N(C)C)[C@@H]3[C@@H](O)[C@@H]21. The van der Waals surface area contributed by atoms with Crippen LogP contribution in [0.3, 0.4) is 0 Å². The molecular weight excluding hydrogens is 404 g/mol. The van der Waals surface area contributed by atoms with Crippen molar-refractivity contribution in [2.45, 2.75) is 25.0 Å². The molecule has 1 unspecified atom stereocenters. The number of primary amides is 1. The van der Waals surface area contributed by atoms with Crippen molar-refractivity contribution >= 4 is 23.2 Å². The standard InChI is InChI=1S/C22H24N2O7/c1-7-8-5-4-6-9(25)11(8)18(27)13-10(7)17(26)12-14(19(13)28)20(29)15(22(23)31)21(30)16(12)24(2)3/h4-7,10,12,14,16-17,25-27,30H,1-3H3,(H2,23,31)/t7-,10+,12+,14?,16-,17-/m0/s1. The number of nitrogens with zero attached hydrogens (tertiary/aromatic N) is 1. The average Bonchev–Trinajstić information content (AvgIpc) is 2.67. The van der Waals surface area contributed by atoms with Crippen molar-refractivity contribution in [3.05, 3.63) is 46.2 Å². The number of phenolic OH excluding ortho intramolecular Hbond substituents is 1. The first-order chi connectivity index (χ1) is 14.5. The lowest BCUT2D eigenvalue weighted by atomic mass is 9.56. The van der Waals surface area contributed by atoms with E-state index >= 15 is 0 Å². The molecule has 0 aromatic heterocycles. The van der Waals surface area contributed by atoms with Gasteiger partial charge in [0.25, 0.3) is 5.91 Å². The Bertz CT molecular complexity index is 1090. The molecule has 9 heteroatoms. The molecule has 3 aliphatic rings. The van der Waals surface area contributed by atoms with Gasteiger partial charge in [-0.1, -0.05) is 19.1 Å². The number of Topliss-reactive ketones (excluding diaryl/α,β-unsaturated/α-hetero) is 2. The highest BCUT2D eigenvalue weighted by Crippen LogP contribution is 2.54. The smallest absolute Gasteiger partial charge is 0.255 e. The number of nitrogens with two attached hydrogens (primary N) is 1. The monoisotopic (exact) mass is 428 g/mol. The molecule has 3 aliphatic carbocycles. The summed E-state index contributed by atoms with van der Waals surface area (Å²) in [6.45, 7) is 1.76. The molecule has 1 aromatic rings. The largest absolute Gasteiger partial charge is 0.510 e. The van der Waals surface area contributed by atoms with Gasteiger partial charge in [-0.2, -0.15) is 0 Å². The fourth-order valence-corrected chi connectivity index (χ4v) is 5.57. The van der Waals surface area contributed by atoms with Gasteiger partial charge in [-0.25, -0.2) is 0 Å². The highest BCUT2D eigenvalue weighted by atomic mass is 16.3. The van der Waals surface area contributed by atoms with Crippen LogP contribution >= 0.6 is 0 Å². The topological polar surface area (TPSA) is 161 Å². The summed E-state index contributed by atoms with van der Waals surface area (Å²) in [4.78, 5) is 40.1. The number of phenols is 1. The van der Waals surface area contributed by atoms with E-state index in [2.05, 4.69) is 0 Å². The Hall–Kier alpha value is -3.17. The molecule has 0 aliphatic heterocycles. The van der Waals surface area contributed by atoms with Gasteiger partial charge in [0, 0.05) is 17.4 Å². The Labute approximate surface area is 178 Å². The van der Waals surface area contributed by atoms with Gasteiger partial charge in [0.15, 0.2) is 11.6 Å². The van der Waals surface area contributed by atoms with Gasteiger partial charge < -0.3 is 26.2 Å². The third-order valence-electron chi connectivity index (χ3n) is 6.86. The molecule has 9 nitrogen and oxygen atoms in total. The predicted molar refractivity (Wildman–Crippen MR) is 109 cm³/mol. The number of likely N-dealkylation sites (N-methyl/N-ethyl adjacent to an activating group) is 1. The van der Waals surface area contributed by atoms with Crippen LogP contribution in [0.1, 0.15) is 24.0 Å². The van der Waals surface area contributed by atoms with E-state index in [1.54, 1.807) is 33.2 Å². The summed E-state index contributed by atoms with van der Waals surface area (Å²) >= 11 is 0. The predicted octanol–water partition coefficient (Wildman–Crippen LogP) is 0.381. The number of amides is 1. The van der Waals surface area contributed by atoms with E-state index < -0.39 is 70.4 Å². The van der Waals surface area contributed by atoms with Crippen LogP contribution in [0.25, 0.3) is 5.76 Å². The van der Waals surface area contributed by atoms with Gasteiger partial charge >= 0.3 is 0 Å². The van der Waals surface area contributed by atoms with E-state index in [1.807, 2.05) is 0 Å². The molecule has 31 heavy (non-hydrogen) atoms. The fraction of sp³-hybridized carbons (Fsp3) is 0.409. The summed E-state index contributed by atoms with van der Waals surface area (Å²) in [7, 11) is 3.17. The maximum atomic E-state index is 13.6. The van der Waals surface area contributed by atoms with Crippen molar-refractivity contribution in [3.8, 4) is 5.75 Å². The first-order valence-electron chi connectivity index (χ1n) is 9.91. The van der Waals surface area contributed by atoms with Gasteiger partial charge in [-0.3, -0.25) is 19.3 Å². The van der Waals surface area contributed by atoms with Crippen molar-refractivity contribution < 1.29 is 34.8 Å². The third kappa shape index (κ3) is 2.66. The Kier molecular flexibility index (Phi) is 4.71. The van der Waals surface area contributed by atoms with Gasteiger partial charge in [0.2, 0.25) is 0 Å². The molecular formula is C22H24N2O7. The molecule has 1 fully saturated rings. The van der Waals surface area contributed by atoms with Crippen LogP contribution in [0.5, 0.6) is 5.75 Å². The van der Waals surface area contributed by atoms with Gasteiger partial charge in [-0.15, -0.1) is 0 Å². The molecule has 6 N–H and O–H groups in total. The zero-order chi connectivity index (χ0) is 22.9. The van der Waals surface area contributed by atoms with Crippen LogP contribution in [-0.2, 0) is 14.4 Å². The minimum absolute atomic E-state index is 0.0844. The van der Waals surface area contributed by atoms with E-state index in [9.17, 15) is 34.8 Å². The number of carbonyl (C=O) groups excluding carboxylic acids is 3. The normalized spacial score (nSPS) is 32.7. The number of aliphatic hydroxyl groups is 3. The molecule has 1 saturated carbocycles. The molecule has 0 heterocycles. The van der Waals surface area contributed by atoms with Crippen molar-refractivity contribution in [2.75, 3.05) is 14.1 Å². The number of aliphatic hydroxyl groups excluding tert-OH is 3. The van der Waals surface area contributed by atoms with E-state index in [0.29, 0.717) is 5.56 Å². The van der Waals surface area contributed by atoms with Crippen molar-refractivity contribution in [1.82, 2.24) is 4.90 Å². The zero-order valence-electron chi connectivity index (χ0n) is 17.2. The quantitative estimate of drug-likeness (QED) is 0.334.